The van der Waals surface area contributed by atoms with E-state index in [1.54, 1.807) is 6.92 Å². The molecule has 3 amide bonds. The van der Waals surface area contributed by atoms with Crippen LogP contribution in [-0.2, 0) is 25.5 Å². The van der Waals surface area contributed by atoms with Gasteiger partial charge in [0.1, 0.15) is 6.04 Å². The van der Waals surface area contributed by atoms with Crippen LogP contribution in [-0.4, -0.2) is 61.5 Å². The standard InChI is InChI=1S/C24H35N3O4/c1-19-22(29)25-14-18-31-17-6-5-11-24(23(30)26-19)12-15-27(16-13-24)21(28)10-9-20-7-3-2-4-8-20/h2-4,7-8,19H,5-6,9-18H2,1H3,(H,25,29)(H,26,30)/t19-/m0/s1. The summed E-state index contributed by atoms with van der Waals surface area (Å²) in [5.74, 6) is -0.114. The summed E-state index contributed by atoms with van der Waals surface area (Å²) in [5.41, 5.74) is 0.632. The lowest BCUT2D eigenvalue weighted by Gasteiger charge is -2.41. The Balaban J connectivity index is 1.59. The second-order valence-electron chi connectivity index (χ2n) is 8.70. The van der Waals surface area contributed by atoms with Crippen LogP contribution in [0.2, 0.25) is 0 Å². The highest BCUT2D eigenvalue weighted by Crippen LogP contribution is 2.37. The molecule has 0 aliphatic carbocycles. The molecule has 1 atom stereocenters. The van der Waals surface area contributed by atoms with Crippen LogP contribution in [0.25, 0.3) is 0 Å². The topological polar surface area (TPSA) is 87.7 Å². The molecule has 31 heavy (non-hydrogen) atoms. The quantitative estimate of drug-likeness (QED) is 0.770. The van der Waals surface area contributed by atoms with E-state index in [1.807, 2.05) is 35.2 Å². The van der Waals surface area contributed by atoms with Crippen LogP contribution < -0.4 is 10.6 Å². The molecular formula is C24H35N3O4. The van der Waals surface area contributed by atoms with Gasteiger partial charge in [-0.1, -0.05) is 36.8 Å². The summed E-state index contributed by atoms with van der Waals surface area (Å²) in [5, 5.41) is 5.72. The van der Waals surface area contributed by atoms with Crippen molar-refractivity contribution in [2.24, 2.45) is 5.41 Å². The average Bonchev–Trinajstić information content (AvgIpc) is 2.80. The van der Waals surface area contributed by atoms with Crippen LogP contribution >= 0.6 is 0 Å². The van der Waals surface area contributed by atoms with Crippen molar-refractivity contribution in [3.05, 3.63) is 35.9 Å². The van der Waals surface area contributed by atoms with E-state index in [-0.39, 0.29) is 17.7 Å². The summed E-state index contributed by atoms with van der Waals surface area (Å²) >= 11 is 0. The van der Waals surface area contributed by atoms with E-state index in [0.29, 0.717) is 52.1 Å². The zero-order valence-corrected chi connectivity index (χ0v) is 18.5. The Morgan fingerprint density at radius 1 is 1.10 bits per heavy atom. The molecule has 1 aromatic rings. The van der Waals surface area contributed by atoms with Crippen molar-refractivity contribution < 1.29 is 19.1 Å². The molecule has 1 aromatic carbocycles. The third kappa shape index (κ3) is 6.53. The number of carbonyl (C=O) groups excluding carboxylic acids is 3. The third-order valence-corrected chi connectivity index (χ3v) is 6.51. The van der Waals surface area contributed by atoms with Crippen molar-refractivity contribution >= 4 is 17.7 Å². The lowest BCUT2D eigenvalue weighted by molar-refractivity contribution is -0.142. The van der Waals surface area contributed by atoms with Gasteiger partial charge in [-0.25, -0.2) is 0 Å². The predicted molar refractivity (Wildman–Crippen MR) is 118 cm³/mol. The van der Waals surface area contributed by atoms with Crippen LogP contribution in [0.4, 0.5) is 0 Å². The summed E-state index contributed by atoms with van der Waals surface area (Å²) in [6, 6.07) is 9.44. The van der Waals surface area contributed by atoms with Crippen molar-refractivity contribution in [1.29, 1.82) is 0 Å². The van der Waals surface area contributed by atoms with Crippen LogP contribution in [0.5, 0.6) is 0 Å². The van der Waals surface area contributed by atoms with Gasteiger partial charge < -0.3 is 20.3 Å². The summed E-state index contributed by atoms with van der Waals surface area (Å²) < 4.78 is 5.57. The number of aryl methyl sites for hydroxylation is 1. The fourth-order valence-corrected chi connectivity index (χ4v) is 4.41. The first-order valence-corrected chi connectivity index (χ1v) is 11.5. The van der Waals surface area contributed by atoms with E-state index in [1.165, 1.54) is 0 Å². The number of carbonyl (C=O) groups is 3. The van der Waals surface area contributed by atoms with E-state index in [0.717, 1.165) is 31.2 Å². The Morgan fingerprint density at radius 3 is 2.58 bits per heavy atom. The molecule has 0 radical (unpaired) electrons. The molecule has 3 rings (SSSR count). The summed E-state index contributed by atoms with van der Waals surface area (Å²) in [6.45, 7) is 4.44. The van der Waals surface area contributed by atoms with Gasteiger partial charge >= 0.3 is 0 Å². The molecule has 1 spiro atoms. The molecule has 2 N–H and O–H groups in total. The van der Waals surface area contributed by atoms with Gasteiger partial charge in [0, 0.05) is 32.7 Å². The molecule has 2 aliphatic heterocycles. The molecule has 2 heterocycles. The molecule has 0 unspecified atom stereocenters. The number of benzene rings is 1. The fourth-order valence-electron chi connectivity index (χ4n) is 4.41. The van der Waals surface area contributed by atoms with Gasteiger partial charge in [-0.2, -0.15) is 0 Å². The number of nitrogens with one attached hydrogen (secondary N) is 2. The minimum absolute atomic E-state index is 0.0632. The average molecular weight is 430 g/mol. The molecule has 0 aromatic heterocycles. The largest absolute Gasteiger partial charge is 0.380 e. The number of nitrogens with zero attached hydrogens (tertiary/aromatic N) is 1. The zero-order chi connectivity index (χ0) is 22.1. The zero-order valence-electron chi connectivity index (χ0n) is 18.5. The first-order valence-electron chi connectivity index (χ1n) is 11.5. The van der Waals surface area contributed by atoms with E-state index >= 15 is 0 Å². The van der Waals surface area contributed by atoms with Gasteiger partial charge in [-0.05, 0) is 44.6 Å². The molecule has 0 saturated carbocycles. The second kappa shape index (κ2) is 11.3. The SMILES string of the molecule is C[C@@H]1NC(=O)C2(CCCCOCCNC1=O)CCN(C(=O)CCc1ccccc1)CC2. The number of amides is 3. The van der Waals surface area contributed by atoms with Crippen molar-refractivity contribution in [3.63, 3.8) is 0 Å². The smallest absolute Gasteiger partial charge is 0.242 e. The molecule has 2 fully saturated rings. The van der Waals surface area contributed by atoms with Gasteiger partial charge in [-0.15, -0.1) is 0 Å². The minimum atomic E-state index is -0.587. The maximum atomic E-state index is 13.2. The monoisotopic (exact) mass is 429 g/mol. The number of hydrogen-bond donors (Lipinski definition) is 2. The van der Waals surface area contributed by atoms with Crippen molar-refractivity contribution in [3.8, 4) is 0 Å². The Labute approximate surface area is 184 Å². The van der Waals surface area contributed by atoms with Crippen LogP contribution in [0.3, 0.4) is 0 Å². The summed E-state index contributed by atoms with van der Waals surface area (Å²) in [7, 11) is 0. The maximum absolute atomic E-state index is 13.2. The van der Waals surface area contributed by atoms with E-state index in [9.17, 15) is 14.4 Å². The van der Waals surface area contributed by atoms with E-state index < -0.39 is 11.5 Å². The normalized spacial score (nSPS) is 23.1. The highest BCUT2D eigenvalue weighted by molar-refractivity contribution is 5.90. The molecular weight excluding hydrogens is 394 g/mol. The lowest BCUT2D eigenvalue weighted by Crippen LogP contribution is -2.54. The Kier molecular flexibility index (Phi) is 8.46. The maximum Gasteiger partial charge on any atom is 0.242 e. The summed E-state index contributed by atoms with van der Waals surface area (Å²) in [4.78, 5) is 40.1. The van der Waals surface area contributed by atoms with Gasteiger partial charge in [0.2, 0.25) is 17.7 Å². The first-order chi connectivity index (χ1) is 15.0. The highest BCUT2D eigenvalue weighted by atomic mass is 16.5. The lowest BCUT2D eigenvalue weighted by atomic mass is 9.73. The molecule has 170 valence electrons. The number of rotatable bonds is 3. The Hall–Kier alpha value is -2.41. The van der Waals surface area contributed by atoms with E-state index in [2.05, 4.69) is 10.6 Å². The highest BCUT2D eigenvalue weighted by Gasteiger charge is 2.42. The molecule has 2 saturated heterocycles. The van der Waals surface area contributed by atoms with Gasteiger partial charge in [-0.3, -0.25) is 14.4 Å². The van der Waals surface area contributed by atoms with Crippen molar-refractivity contribution in [2.75, 3.05) is 32.8 Å². The summed E-state index contributed by atoms with van der Waals surface area (Å²) in [6.07, 6.45) is 5.01. The van der Waals surface area contributed by atoms with Gasteiger partial charge in [0.25, 0.3) is 0 Å². The molecule has 7 heteroatoms. The number of likely N-dealkylation sites (tertiary alicyclic amines) is 1. The predicted octanol–water partition coefficient (Wildman–Crippen LogP) is 2.05. The van der Waals surface area contributed by atoms with Crippen molar-refractivity contribution in [2.45, 2.75) is 57.9 Å². The Bertz CT molecular complexity index is 744. The van der Waals surface area contributed by atoms with E-state index in [4.69, 9.17) is 4.74 Å². The van der Waals surface area contributed by atoms with Crippen LogP contribution in [0.1, 0.15) is 51.0 Å². The molecule has 2 aliphatic rings. The number of ether oxygens (including phenoxy) is 1. The fraction of sp³-hybridized carbons (Fsp3) is 0.625. The molecule has 0 bridgehead atoms. The van der Waals surface area contributed by atoms with Gasteiger partial charge in [0.15, 0.2) is 0 Å². The third-order valence-electron chi connectivity index (χ3n) is 6.51. The van der Waals surface area contributed by atoms with Gasteiger partial charge in [0.05, 0.1) is 12.0 Å². The second-order valence-corrected chi connectivity index (χ2v) is 8.70. The van der Waals surface area contributed by atoms with Crippen LogP contribution in [0, 0.1) is 5.41 Å². The Morgan fingerprint density at radius 2 is 1.84 bits per heavy atom. The molecule has 7 nitrogen and oxygen atoms in total. The number of hydrogen-bond acceptors (Lipinski definition) is 4. The van der Waals surface area contributed by atoms with Crippen LogP contribution in [0.15, 0.2) is 30.3 Å². The first kappa shape index (κ1) is 23.3. The number of piperidine rings is 1. The minimum Gasteiger partial charge on any atom is -0.380 e. The van der Waals surface area contributed by atoms with Crippen molar-refractivity contribution in [1.82, 2.24) is 15.5 Å².